The van der Waals surface area contributed by atoms with Gasteiger partial charge in [-0.05, 0) is 25.8 Å². The topological polar surface area (TPSA) is 61.6 Å². The SMILES string of the molecule is CSc1cc(NCCCN2CCN(C)C2)c([N+](=O)[O-])cc1Cl. The molecule has 0 atom stereocenters. The van der Waals surface area contributed by atoms with Crippen LogP contribution in [0.15, 0.2) is 17.0 Å². The fraction of sp³-hybridized carbons (Fsp3) is 0.571. The second-order valence-corrected chi connectivity index (χ2v) is 6.64. The van der Waals surface area contributed by atoms with Gasteiger partial charge in [0.05, 0.1) is 16.6 Å². The van der Waals surface area contributed by atoms with Crippen molar-refractivity contribution in [2.24, 2.45) is 0 Å². The van der Waals surface area contributed by atoms with Gasteiger partial charge in [0.2, 0.25) is 0 Å². The lowest BCUT2D eigenvalue weighted by Crippen LogP contribution is -2.25. The molecule has 0 aromatic heterocycles. The average molecular weight is 345 g/mol. The zero-order chi connectivity index (χ0) is 16.1. The second-order valence-electron chi connectivity index (χ2n) is 5.38. The minimum Gasteiger partial charge on any atom is -0.379 e. The second kappa shape index (κ2) is 8.01. The average Bonchev–Trinajstić information content (AvgIpc) is 2.89. The molecule has 1 fully saturated rings. The molecule has 1 aliphatic rings. The van der Waals surface area contributed by atoms with E-state index in [4.69, 9.17) is 11.6 Å². The number of hydrogen-bond acceptors (Lipinski definition) is 6. The first-order valence-corrected chi connectivity index (χ1v) is 8.78. The Labute approximate surface area is 139 Å². The third-order valence-corrected chi connectivity index (χ3v) is 4.88. The number of nitrogens with one attached hydrogen (secondary N) is 1. The Morgan fingerprint density at radius 3 is 2.82 bits per heavy atom. The molecule has 0 aliphatic carbocycles. The lowest BCUT2D eigenvalue weighted by atomic mass is 10.2. The van der Waals surface area contributed by atoms with Gasteiger partial charge in [0.1, 0.15) is 5.69 Å². The van der Waals surface area contributed by atoms with Crippen LogP contribution in [-0.4, -0.2) is 60.9 Å². The molecule has 1 heterocycles. The van der Waals surface area contributed by atoms with Gasteiger partial charge >= 0.3 is 0 Å². The third-order valence-electron chi connectivity index (χ3n) is 3.67. The van der Waals surface area contributed by atoms with Crippen molar-refractivity contribution in [1.82, 2.24) is 9.80 Å². The summed E-state index contributed by atoms with van der Waals surface area (Å²) in [7, 11) is 2.11. The van der Waals surface area contributed by atoms with Gasteiger partial charge in [-0.15, -0.1) is 11.8 Å². The summed E-state index contributed by atoms with van der Waals surface area (Å²) in [6, 6.07) is 3.18. The van der Waals surface area contributed by atoms with Crippen LogP contribution in [0.25, 0.3) is 0 Å². The van der Waals surface area contributed by atoms with E-state index in [-0.39, 0.29) is 5.69 Å². The van der Waals surface area contributed by atoms with Gasteiger partial charge in [-0.2, -0.15) is 0 Å². The normalized spacial score (nSPS) is 16.1. The van der Waals surface area contributed by atoms with Crippen LogP contribution in [0, 0.1) is 10.1 Å². The van der Waals surface area contributed by atoms with E-state index < -0.39 is 4.92 Å². The Hall–Kier alpha value is -1.02. The first kappa shape index (κ1) is 17.3. The van der Waals surface area contributed by atoms with Gasteiger partial charge in [-0.3, -0.25) is 19.9 Å². The zero-order valence-corrected chi connectivity index (χ0v) is 14.4. The summed E-state index contributed by atoms with van der Waals surface area (Å²) < 4.78 is 0. The van der Waals surface area contributed by atoms with Crippen molar-refractivity contribution in [3.8, 4) is 0 Å². The van der Waals surface area contributed by atoms with E-state index >= 15 is 0 Å². The van der Waals surface area contributed by atoms with Crippen molar-refractivity contribution in [3.63, 3.8) is 0 Å². The summed E-state index contributed by atoms with van der Waals surface area (Å²) in [5.41, 5.74) is 0.570. The molecule has 22 heavy (non-hydrogen) atoms. The summed E-state index contributed by atoms with van der Waals surface area (Å²) in [6.45, 7) is 4.89. The maximum absolute atomic E-state index is 11.1. The fourth-order valence-electron chi connectivity index (χ4n) is 2.50. The fourth-order valence-corrected chi connectivity index (χ4v) is 3.37. The molecule has 122 valence electrons. The number of thioether (sulfide) groups is 1. The number of likely N-dealkylation sites (N-methyl/N-ethyl adjacent to an activating group) is 1. The van der Waals surface area contributed by atoms with Crippen molar-refractivity contribution in [2.75, 3.05) is 51.5 Å². The summed E-state index contributed by atoms with van der Waals surface area (Å²) in [5, 5.41) is 14.7. The smallest absolute Gasteiger partial charge is 0.293 e. The lowest BCUT2D eigenvalue weighted by molar-refractivity contribution is -0.384. The summed E-state index contributed by atoms with van der Waals surface area (Å²) in [4.78, 5) is 16.2. The molecule has 0 radical (unpaired) electrons. The van der Waals surface area contributed by atoms with Crippen molar-refractivity contribution < 1.29 is 4.92 Å². The van der Waals surface area contributed by atoms with E-state index in [1.165, 1.54) is 17.8 Å². The van der Waals surface area contributed by atoms with Crippen molar-refractivity contribution in [2.45, 2.75) is 11.3 Å². The Kier molecular flexibility index (Phi) is 6.31. The Balaban J connectivity index is 1.92. The predicted molar refractivity (Wildman–Crippen MR) is 92.1 cm³/mol. The molecule has 0 spiro atoms. The molecular weight excluding hydrogens is 324 g/mol. The highest BCUT2D eigenvalue weighted by molar-refractivity contribution is 7.98. The van der Waals surface area contributed by atoms with E-state index in [9.17, 15) is 10.1 Å². The molecule has 6 nitrogen and oxygen atoms in total. The van der Waals surface area contributed by atoms with Gasteiger partial charge in [-0.1, -0.05) is 11.6 Å². The Bertz CT molecular complexity index is 544. The quantitative estimate of drug-likeness (QED) is 0.355. The molecule has 1 saturated heterocycles. The monoisotopic (exact) mass is 344 g/mol. The highest BCUT2D eigenvalue weighted by Gasteiger charge is 2.18. The highest BCUT2D eigenvalue weighted by Crippen LogP contribution is 2.35. The molecule has 1 aliphatic heterocycles. The number of rotatable bonds is 7. The van der Waals surface area contributed by atoms with Gasteiger partial charge in [0, 0.05) is 37.1 Å². The number of benzene rings is 1. The van der Waals surface area contributed by atoms with Gasteiger partial charge < -0.3 is 5.32 Å². The number of hydrogen-bond donors (Lipinski definition) is 1. The minimum atomic E-state index is -0.395. The van der Waals surface area contributed by atoms with Crippen LogP contribution in [0.3, 0.4) is 0 Å². The number of nitrogens with zero attached hydrogens (tertiary/aromatic N) is 3. The molecule has 8 heteroatoms. The van der Waals surface area contributed by atoms with Crippen molar-refractivity contribution >= 4 is 34.7 Å². The molecule has 1 N–H and O–H groups in total. The van der Waals surface area contributed by atoms with Crippen LogP contribution in [0.2, 0.25) is 5.02 Å². The first-order chi connectivity index (χ1) is 10.5. The van der Waals surface area contributed by atoms with E-state index in [2.05, 4.69) is 22.2 Å². The van der Waals surface area contributed by atoms with E-state index in [1.807, 2.05) is 6.26 Å². The maximum Gasteiger partial charge on any atom is 0.293 e. The standard InChI is InChI=1S/C14H21ClN4O2S/c1-17-6-7-18(10-17)5-3-4-16-12-9-14(22-2)11(15)8-13(12)19(20)21/h8-9,16H,3-7,10H2,1-2H3. The summed E-state index contributed by atoms with van der Waals surface area (Å²) in [5.74, 6) is 0. The van der Waals surface area contributed by atoms with Crippen LogP contribution in [0.5, 0.6) is 0 Å². The van der Waals surface area contributed by atoms with Gasteiger partial charge in [0.25, 0.3) is 5.69 Å². The van der Waals surface area contributed by atoms with Gasteiger partial charge in [0.15, 0.2) is 0 Å². The van der Waals surface area contributed by atoms with E-state index in [1.54, 1.807) is 6.07 Å². The summed E-state index contributed by atoms with van der Waals surface area (Å²) >= 11 is 7.52. The first-order valence-electron chi connectivity index (χ1n) is 7.18. The summed E-state index contributed by atoms with van der Waals surface area (Å²) in [6.07, 6.45) is 2.85. The van der Waals surface area contributed by atoms with E-state index in [0.717, 1.165) is 37.6 Å². The van der Waals surface area contributed by atoms with Crippen LogP contribution in [-0.2, 0) is 0 Å². The van der Waals surface area contributed by atoms with Gasteiger partial charge in [-0.25, -0.2) is 0 Å². The molecule has 2 rings (SSSR count). The zero-order valence-electron chi connectivity index (χ0n) is 12.8. The largest absolute Gasteiger partial charge is 0.379 e. The molecule has 0 saturated carbocycles. The van der Waals surface area contributed by atoms with Crippen LogP contribution in [0.1, 0.15) is 6.42 Å². The number of nitro groups is 1. The lowest BCUT2D eigenvalue weighted by Gasteiger charge is -2.15. The highest BCUT2D eigenvalue weighted by atomic mass is 35.5. The van der Waals surface area contributed by atoms with E-state index in [0.29, 0.717) is 17.3 Å². The Morgan fingerprint density at radius 1 is 1.45 bits per heavy atom. The molecule has 1 aromatic rings. The maximum atomic E-state index is 11.1. The predicted octanol–water partition coefficient (Wildman–Crippen LogP) is 2.98. The number of anilines is 1. The molecule has 0 amide bonds. The molecule has 0 bridgehead atoms. The molecular formula is C14H21ClN4O2S. The molecule has 0 unspecified atom stereocenters. The number of halogens is 1. The van der Waals surface area contributed by atoms with Crippen molar-refractivity contribution in [3.05, 3.63) is 27.3 Å². The third kappa shape index (κ3) is 4.49. The molecule has 1 aromatic carbocycles. The van der Waals surface area contributed by atoms with Crippen LogP contribution >= 0.6 is 23.4 Å². The van der Waals surface area contributed by atoms with Crippen LogP contribution in [0.4, 0.5) is 11.4 Å². The Morgan fingerprint density at radius 2 is 2.23 bits per heavy atom. The minimum absolute atomic E-state index is 0.0312. The van der Waals surface area contributed by atoms with Crippen molar-refractivity contribution in [1.29, 1.82) is 0 Å². The number of nitro benzene ring substituents is 1. The van der Waals surface area contributed by atoms with Crippen LogP contribution < -0.4 is 5.32 Å².